The van der Waals surface area contributed by atoms with Gasteiger partial charge in [0.25, 0.3) is 0 Å². The van der Waals surface area contributed by atoms with Crippen LogP contribution in [0.5, 0.6) is 5.75 Å². The maximum atomic E-state index is 12.6. The number of ether oxygens (including phenoxy) is 1. The van der Waals surface area contributed by atoms with Gasteiger partial charge in [-0.05, 0) is 30.2 Å². The molecule has 4 N–H and O–H groups in total. The Hall–Kier alpha value is -2.28. The number of hydrogen-bond donors (Lipinski definition) is 3. The van der Waals surface area contributed by atoms with E-state index in [-0.39, 0.29) is 11.8 Å². The zero-order valence-electron chi connectivity index (χ0n) is 15.2. The van der Waals surface area contributed by atoms with E-state index in [2.05, 4.69) is 17.4 Å². The fourth-order valence-corrected chi connectivity index (χ4v) is 3.12. The first-order chi connectivity index (χ1) is 11.9. The van der Waals surface area contributed by atoms with Crippen molar-refractivity contribution in [2.24, 2.45) is 11.7 Å². The van der Waals surface area contributed by atoms with Crippen LogP contribution in [0.25, 0.3) is 0 Å². The second kappa shape index (κ2) is 8.71. The van der Waals surface area contributed by atoms with Crippen molar-refractivity contribution in [1.29, 1.82) is 0 Å². The minimum atomic E-state index is -0.657. The average molecular weight is 349 g/mol. The topological polar surface area (TPSA) is 89.1 Å². The molecule has 3 amide bonds. The number of piperazine rings is 1. The van der Waals surface area contributed by atoms with Crippen molar-refractivity contribution < 1.29 is 19.2 Å². The third-order valence-corrected chi connectivity index (χ3v) is 4.63. The lowest BCUT2D eigenvalue weighted by atomic mass is 10.0. The summed E-state index contributed by atoms with van der Waals surface area (Å²) in [5.41, 5.74) is 6.45. The molecular weight excluding hydrogens is 320 g/mol. The SMILES string of the molecule is COc1ccc(C[NH+]2CCN(C(=O)[C@@H](NC(N)=O)C(C)C)CC2)cc1. The lowest BCUT2D eigenvalue weighted by molar-refractivity contribution is -0.917. The first-order valence-electron chi connectivity index (χ1n) is 8.72. The van der Waals surface area contributed by atoms with Gasteiger partial charge in [-0.2, -0.15) is 0 Å². The summed E-state index contributed by atoms with van der Waals surface area (Å²) in [6.07, 6.45) is 0. The Bertz CT molecular complexity index is 580. The number of benzene rings is 1. The molecule has 1 heterocycles. The van der Waals surface area contributed by atoms with Gasteiger partial charge in [0, 0.05) is 5.56 Å². The van der Waals surface area contributed by atoms with Gasteiger partial charge in [-0.25, -0.2) is 4.79 Å². The largest absolute Gasteiger partial charge is 0.497 e. The molecule has 1 atom stereocenters. The predicted molar refractivity (Wildman–Crippen MR) is 95.3 cm³/mol. The number of hydrogen-bond acceptors (Lipinski definition) is 3. The van der Waals surface area contributed by atoms with Crippen LogP contribution in [-0.2, 0) is 11.3 Å². The van der Waals surface area contributed by atoms with E-state index in [0.29, 0.717) is 13.1 Å². The number of rotatable bonds is 6. The predicted octanol–water partition coefficient (Wildman–Crippen LogP) is -0.385. The quantitative estimate of drug-likeness (QED) is 0.654. The number of methoxy groups -OCH3 is 1. The highest BCUT2D eigenvalue weighted by atomic mass is 16.5. The minimum Gasteiger partial charge on any atom is -0.497 e. The number of amides is 3. The van der Waals surface area contributed by atoms with Gasteiger partial charge >= 0.3 is 6.03 Å². The van der Waals surface area contributed by atoms with E-state index in [9.17, 15) is 9.59 Å². The highest BCUT2D eigenvalue weighted by molar-refractivity contribution is 5.86. The Morgan fingerprint density at radius 3 is 2.32 bits per heavy atom. The molecule has 2 rings (SSSR count). The molecule has 7 nitrogen and oxygen atoms in total. The zero-order valence-corrected chi connectivity index (χ0v) is 15.2. The number of primary amides is 1. The second-order valence-electron chi connectivity index (χ2n) is 6.83. The Labute approximate surface area is 149 Å². The number of carbonyl (C=O) groups excluding carboxylic acids is 2. The summed E-state index contributed by atoms with van der Waals surface area (Å²) in [4.78, 5) is 27.0. The van der Waals surface area contributed by atoms with E-state index >= 15 is 0 Å². The van der Waals surface area contributed by atoms with E-state index in [0.717, 1.165) is 25.4 Å². The molecule has 1 aromatic rings. The molecule has 1 saturated heterocycles. The van der Waals surface area contributed by atoms with Crippen molar-refractivity contribution in [1.82, 2.24) is 10.2 Å². The van der Waals surface area contributed by atoms with Crippen molar-refractivity contribution in [2.75, 3.05) is 33.3 Å². The molecule has 0 bridgehead atoms. The van der Waals surface area contributed by atoms with Gasteiger partial charge < -0.3 is 25.6 Å². The zero-order chi connectivity index (χ0) is 18.4. The molecule has 1 aliphatic heterocycles. The van der Waals surface area contributed by atoms with Crippen LogP contribution in [0, 0.1) is 5.92 Å². The first-order valence-corrected chi connectivity index (χ1v) is 8.72. The molecule has 1 aliphatic rings. The molecule has 0 unspecified atom stereocenters. The molecule has 25 heavy (non-hydrogen) atoms. The van der Waals surface area contributed by atoms with Crippen LogP contribution in [0.1, 0.15) is 19.4 Å². The van der Waals surface area contributed by atoms with Crippen molar-refractivity contribution in [3.63, 3.8) is 0 Å². The van der Waals surface area contributed by atoms with Crippen molar-refractivity contribution in [3.8, 4) is 5.75 Å². The second-order valence-corrected chi connectivity index (χ2v) is 6.83. The smallest absolute Gasteiger partial charge is 0.312 e. The van der Waals surface area contributed by atoms with E-state index in [4.69, 9.17) is 10.5 Å². The molecule has 1 fully saturated rings. The standard InChI is InChI=1S/C18H28N4O3/c1-13(2)16(20-18(19)24)17(23)22-10-8-21(9-11-22)12-14-4-6-15(25-3)7-5-14/h4-7,13,16H,8-12H2,1-3H3,(H3,19,20,24)/p+1/t16-/m0/s1. The van der Waals surface area contributed by atoms with Gasteiger partial charge in [0.15, 0.2) is 0 Å². The molecule has 0 aromatic heterocycles. The highest BCUT2D eigenvalue weighted by Gasteiger charge is 2.31. The van der Waals surface area contributed by atoms with Gasteiger partial charge in [0.1, 0.15) is 18.3 Å². The number of nitrogens with one attached hydrogen (secondary N) is 2. The van der Waals surface area contributed by atoms with Gasteiger partial charge in [-0.15, -0.1) is 0 Å². The number of urea groups is 1. The molecule has 7 heteroatoms. The highest BCUT2D eigenvalue weighted by Crippen LogP contribution is 2.11. The first kappa shape index (κ1) is 19.1. The van der Waals surface area contributed by atoms with Crippen LogP contribution >= 0.6 is 0 Å². The lowest BCUT2D eigenvalue weighted by Gasteiger charge is -2.35. The van der Waals surface area contributed by atoms with Gasteiger partial charge in [-0.3, -0.25) is 4.79 Å². The van der Waals surface area contributed by atoms with Crippen molar-refractivity contribution >= 4 is 11.9 Å². The van der Waals surface area contributed by atoms with Crippen LogP contribution in [-0.4, -0.2) is 56.2 Å². The van der Waals surface area contributed by atoms with Crippen LogP contribution in [0.2, 0.25) is 0 Å². The van der Waals surface area contributed by atoms with Gasteiger partial charge in [-0.1, -0.05) is 13.8 Å². The van der Waals surface area contributed by atoms with Crippen LogP contribution < -0.4 is 20.7 Å². The number of nitrogens with two attached hydrogens (primary N) is 1. The van der Waals surface area contributed by atoms with Crippen LogP contribution in [0.15, 0.2) is 24.3 Å². The monoisotopic (exact) mass is 349 g/mol. The lowest BCUT2D eigenvalue weighted by Crippen LogP contribution is -3.13. The summed E-state index contributed by atoms with van der Waals surface area (Å²) < 4.78 is 5.18. The minimum absolute atomic E-state index is 0.00433. The summed E-state index contributed by atoms with van der Waals surface area (Å²) in [5, 5.41) is 2.57. The molecule has 138 valence electrons. The van der Waals surface area contributed by atoms with E-state index < -0.39 is 12.1 Å². The van der Waals surface area contributed by atoms with E-state index in [1.807, 2.05) is 30.9 Å². The third-order valence-electron chi connectivity index (χ3n) is 4.63. The summed E-state index contributed by atoms with van der Waals surface area (Å²) in [5.74, 6) is 0.817. The van der Waals surface area contributed by atoms with Crippen molar-refractivity contribution in [3.05, 3.63) is 29.8 Å². The maximum absolute atomic E-state index is 12.6. The molecule has 0 radical (unpaired) electrons. The fourth-order valence-electron chi connectivity index (χ4n) is 3.12. The number of carbonyl (C=O) groups is 2. The average Bonchev–Trinajstić information content (AvgIpc) is 2.60. The Morgan fingerprint density at radius 2 is 1.84 bits per heavy atom. The number of nitrogens with zero attached hydrogens (tertiary/aromatic N) is 1. The maximum Gasteiger partial charge on any atom is 0.312 e. The summed E-state index contributed by atoms with van der Waals surface area (Å²) in [6, 6.07) is 6.88. The van der Waals surface area contributed by atoms with Crippen LogP contribution in [0.3, 0.4) is 0 Å². The summed E-state index contributed by atoms with van der Waals surface area (Å²) in [6.45, 7) is 7.90. The summed E-state index contributed by atoms with van der Waals surface area (Å²) >= 11 is 0. The molecule has 0 aliphatic carbocycles. The molecule has 0 saturated carbocycles. The fraction of sp³-hybridized carbons (Fsp3) is 0.556. The Kier molecular flexibility index (Phi) is 6.64. The Balaban J connectivity index is 1.87. The van der Waals surface area contributed by atoms with E-state index in [1.165, 1.54) is 10.5 Å². The van der Waals surface area contributed by atoms with Crippen molar-refractivity contribution in [2.45, 2.75) is 26.4 Å². The summed E-state index contributed by atoms with van der Waals surface area (Å²) in [7, 11) is 1.66. The van der Waals surface area contributed by atoms with E-state index in [1.54, 1.807) is 7.11 Å². The van der Waals surface area contributed by atoms with Crippen LogP contribution in [0.4, 0.5) is 4.79 Å². The molecule has 1 aromatic carbocycles. The number of quaternary nitrogens is 1. The van der Waals surface area contributed by atoms with Gasteiger partial charge in [0.05, 0.1) is 33.3 Å². The molecule has 0 spiro atoms. The third kappa shape index (κ3) is 5.35. The molecular formula is C18H29N4O3+. The van der Waals surface area contributed by atoms with Gasteiger partial charge in [0.2, 0.25) is 5.91 Å². The Morgan fingerprint density at radius 1 is 1.24 bits per heavy atom. The normalized spacial score (nSPS) is 16.6.